The van der Waals surface area contributed by atoms with Crippen molar-refractivity contribution in [1.29, 1.82) is 0 Å². The highest BCUT2D eigenvalue weighted by Gasteiger charge is 2.39. The van der Waals surface area contributed by atoms with Crippen LogP contribution in [0.2, 0.25) is 0 Å². The maximum absolute atomic E-state index is 12.9. The summed E-state index contributed by atoms with van der Waals surface area (Å²) in [6.07, 6.45) is -0.451. The van der Waals surface area contributed by atoms with Gasteiger partial charge in [-0.2, -0.15) is 0 Å². The molecule has 5 atom stereocenters. The number of likely N-dealkylation sites (tertiary alicyclic amines) is 1. The predicted molar refractivity (Wildman–Crippen MR) is 113 cm³/mol. The standard InChI is InChI=1S/C20H32N4O9/c1-3-10(2)16(21)18(30)22-11(6-7-14(25)26)17(29)23-12(9-15(27)28)19(31)24-8-4-5-13(24)20(32)33/h10-13,16H,3-9,21H2,1-2H3,(H,22,30)(H,23,29)(H,25,26)(H,27,28)(H,32,33). The van der Waals surface area contributed by atoms with Crippen molar-refractivity contribution in [3.63, 3.8) is 0 Å². The fourth-order valence-electron chi connectivity index (χ4n) is 3.45. The van der Waals surface area contributed by atoms with Crippen LogP contribution in [-0.4, -0.2) is 86.6 Å². The largest absolute Gasteiger partial charge is 0.481 e. The molecule has 0 spiro atoms. The number of aliphatic carboxylic acids is 3. The van der Waals surface area contributed by atoms with Gasteiger partial charge in [-0.1, -0.05) is 20.3 Å². The maximum atomic E-state index is 12.9. The molecule has 1 rings (SSSR count). The highest BCUT2D eigenvalue weighted by molar-refractivity contribution is 5.96. The molecule has 0 radical (unpaired) electrons. The van der Waals surface area contributed by atoms with E-state index in [0.717, 1.165) is 4.90 Å². The number of hydrogen-bond donors (Lipinski definition) is 6. The first kappa shape index (κ1) is 27.8. The second-order valence-corrected chi connectivity index (χ2v) is 8.09. The summed E-state index contributed by atoms with van der Waals surface area (Å²) in [5, 5.41) is 32.1. The zero-order chi connectivity index (χ0) is 25.3. The van der Waals surface area contributed by atoms with Crippen LogP contribution >= 0.6 is 0 Å². The molecule has 5 unspecified atom stereocenters. The van der Waals surface area contributed by atoms with Gasteiger partial charge >= 0.3 is 17.9 Å². The van der Waals surface area contributed by atoms with Crippen molar-refractivity contribution >= 4 is 35.6 Å². The van der Waals surface area contributed by atoms with E-state index in [2.05, 4.69) is 10.6 Å². The first-order valence-electron chi connectivity index (χ1n) is 10.7. The number of nitrogens with two attached hydrogens (primary N) is 1. The Morgan fingerprint density at radius 3 is 2.12 bits per heavy atom. The molecule has 1 fully saturated rings. The number of carbonyl (C=O) groups is 6. The van der Waals surface area contributed by atoms with Crippen molar-refractivity contribution in [3.05, 3.63) is 0 Å². The molecule has 0 saturated carbocycles. The summed E-state index contributed by atoms with van der Waals surface area (Å²) in [7, 11) is 0. The van der Waals surface area contributed by atoms with E-state index in [-0.39, 0.29) is 25.3 Å². The van der Waals surface area contributed by atoms with Gasteiger partial charge in [-0.15, -0.1) is 0 Å². The number of nitrogens with zero attached hydrogens (tertiary/aromatic N) is 1. The van der Waals surface area contributed by atoms with E-state index in [0.29, 0.717) is 12.8 Å². The molecule has 1 aliphatic rings. The number of carboxylic acid groups (broad SMARTS) is 3. The molecular formula is C20H32N4O9. The van der Waals surface area contributed by atoms with Crippen LogP contribution in [0.15, 0.2) is 0 Å². The van der Waals surface area contributed by atoms with Crippen LogP contribution < -0.4 is 16.4 Å². The summed E-state index contributed by atoms with van der Waals surface area (Å²) >= 11 is 0. The van der Waals surface area contributed by atoms with Crippen molar-refractivity contribution in [1.82, 2.24) is 15.5 Å². The van der Waals surface area contributed by atoms with Crippen molar-refractivity contribution in [3.8, 4) is 0 Å². The summed E-state index contributed by atoms with van der Waals surface area (Å²) in [5.74, 6) is -6.65. The fraction of sp³-hybridized carbons (Fsp3) is 0.700. The Morgan fingerprint density at radius 2 is 1.61 bits per heavy atom. The molecule has 0 aromatic carbocycles. The number of carbonyl (C=O) groups excluding carboxylic acids is 3. The zero-order valence-corrected chi connectivity index (χ0v) is 18.7. The van der Waals surface area contributed by atoms with Gasteiger partial charge in [-0.05, 0) is 25.2 Å². The molecule has 13 nitrogen and oxygen atoms in total. The third-order valence-corrected chi connectivity index (χ3v) is 5.65. The molecule has 0 aromatic heterocycles. The quantitative estimate of drug-likeness (QED) is 0.187. The number of nitrogens with one attached hydrogen (secondary N) is 2. The Labute approximate surface area is 190 Å². The zero-order valence-electron chi connectivity index (χ0n) is 18.7. The van der Waals surface area contributed by atoms with Crippen molar-refractivity contribution in [2.24, 2.45) is 11.7 Å². The van der Waals surface area contributed by atoms with Gasteiger partial charge in [0.1, 0.15) is 18.1 Å². The highest BCUT2D eigenvalue weighted by atomic mass is 16.4. The lowest BCUT2D eigenvalue weighted by molar-refractivity contribution is -0.150. The highest BCUT2D eigenvalue weighted by Crippen LogP contribution is 2.19. The Bertz CT molecular complexity index is 773. The predicted octanol–water partition coefficient (Wildman–Crippen LogP) is -1.26. The van der Waals surface area contributed by atoms with Gasteiger partial charge in [-0.25, -0.2) is 4.79 Å². The van der Waals surface area contributed by atoms with Crippen LogP contribution in [0.3, 0.4) is 0 Å². The minimum absolute atomic E-state index is 0.0880. The number of hydrogen-bond acceptors (Lipinski definition) is 7. The van der Waals surface area contributed by atoms with E-state index in [1.54, 1.807) is 6.92 Å². The molecule has 1 aliphatic heterocycles. The lowest BCUT2D eigenvalue weighted by Gasteiger charge is -2.28. The third kappa shape index (κ3) is 8.33. The molecule has 1 saturated heterocycles. The Kier molecular flexibility index (Phi) is 10.7. The lowest BCUT2D eigenvalue weighted by atomic mass is 9.98. The van der Waals surface area contributed by atoms with Crippen LogP contribution in [0.1, 0.15) is 52.4 Å². The molecule has 1 heterocycles. The van der Waals surface area contributed by atoms with Gasteiger partial charge in [0.15, 0.2) is 0 Å². The van der Waals surface area contributed by atoms with E-state index < -0.39 is 72.6 Å². The SMILES string of the molecule is CCC(C)C(N)C(=O)NC(CCC(=O)O)C(=O)NC(CC(=O)O)C(=O)N1CCCC1C(=O)O. The van der Waals surface area contributed by atoms with Crippen LogP contribution in [0.4, 0.5) is 0 Å². The fourth-order valence-corrected chi connectivity index (χ4v) is 3.45. The minimum Gasteiger partial charge on any atom is -0.481 e. The monoisotopic (exact) mass is 472 g/mol. The summed E-state index contributed by atoms with van der Waals surface area (Å²) in [5.41, 5.74) is 5.86. The van der Waals surface area contributed by atoms with Crippen molar-refractivity contribution < 1.29 is 44.1 Å². The third-order valence-electron chi connectivity index (χ3n) is 5.65. The number of rotatable bonds is 13. The number of carboxylic acids is 3. The Morgan fingerprint density at radius 1 is 1.00 bits per heavy atom. The number of amides is 3. The molecule has 7 N–H and O–H groups in total. The summed E-state index contributed by atoms with van der Waals surface area (Å²) in [4.78, 5) is 72.8. The van der Waals surface area contributed by atoms with E-state index in [9.17, 15) is 39.0 Å². The minimum atomic E-state index is -1.59. The van der Waals surface area contributed by atoms with E-state index in [1.807, 2.05) is 6.92 Å². The molecule has 3 amide bonds. The van der Waals surface area contributed by atoms with Crippen molar-refractivity contribution in [2.45, 2.75) is 76.5 Å². The van der Waals surface area contributed by atoms with Crippen molar-refractivity contribution in [2.75, 3.05) is 6.54 Å². The average Bonchev–Trinajstić information content (AvgIpc) is 3.23. The summed E-state index contributed by atoms with van der Waals surface area (Å²) < 4.78 is 0. The first-order chi connectivity index (χ1) is 15.4. The normalized spacial score (nSPS) is 19.1. The van der Waals surface area contributed by atoms with Gasteiger partial charge in [0, 0.05) is 13.0 Å². The average molecular weight is 472 g/mol. The lowest BCUT2D eigenvalue weighted by Crippen LogP contribution is -2.58. The molecule has 0 bridgehead atoms. The summed E-state index contributed by atoms with van der Waals surface area (Å²) in [6, 6.07) is -5.08. The van der Waals surface area contributed by atoms with E-state index in [4.69, 9.17) is 10.8 Å². The van der Waals surface area contributed by atoms with Crippen LogP contribution in [0.25, 0.3) is 0 Å². The molecule has 33 heavy (non-hydrogen) atoms. The van der Waals surface area contributed by atoms with Gasteiger partial charge < -0.3 is 36.6 Å². The van der Waals surface area contributed by atoms with Gasteiger partial charge in [0.05, 0.1) is 12.5 Å². The van der Waals surface area contributed by atoms with E-state index in [1.165, 1.54) is 0 Å². The van der Waals surface area contributed by atoms with Crippen LogP contribution in [0, 0.1) is 5.92 Å². The maximum Gasteiger partial charge on any atom is 0.326 e. The van der Waals surface area contributed by atoms with Crippen LogP contribution in [-0.2, 0) is 28.8 Å². The second-order valence-electron chi connectivity index (χ2n) is 8.09. The van der Waals surface area contributed by atoms with Gasteiger partial charge in [-0.3, -0.25) is 24.0 Å². The molecule has 0 aliphatic carbocycles. The Balaban J connectivity index is 3.04. The smallest absolute Gasteiger partial charge is 0.326 e. The molecular weight excluding hydrogens is 440 g/mol. The van der Waals surface area contributed by atoms with Gasteiger partial charge in [0.2, 0.25) is 17.7 Å². The van der Waals surface area contributed by atoms with E-state index >= 15 is 0 Å². The molecule has 186 valence electrons. The topological polar surface area (TPSA) is 216 Å². The molecule has 13 heteroatoms. The summed E-state index contributed by atoms with van der Waals surface area (Å²) in [6.45, 7) is 3.63. The van der Waals surface area contributed by atoms with Gasteiger partial charge in [0.25, 0.3) is 0 Å². The van der Waals surface area contributed by atoms with Crippen LogP contribution in [0.5, 0.6) is 0 Å². The Hall–Kier alpha value is -3.22. The first-order valence-corrected chi connectivity index (χ1v) is 10.7. The molecule has 0 aromatic rings. The second kappa shape index (κ2) is 12.7.